The maximum absolute atomic E-state index is 11.2. The molecule has 0 unspecified atom stereocenters. The maximum Gasteiger partial charge on any atom is 0.337 e. The summed E-state index contributed by atoms with van der Waals surface area (Å²) >= 11 is 0. The zero-order valence-corrected chi connectivity index (χ0v) is 11.8. The van der Waals surface area contributed by atoms with Crippen LogP contribution >= 0.6 is 0 Å². The second kappa shape index (κ2) is 4.94. The normalized spacial score (nSPS) is 10.8. The number of hydrogen-bond donors (Lipinski definition) is 2. The smallest absolute Gasteiger partial charge is 0.337 e. The third kappa shape index (κ3) is 2.33. The SMILES string of the molecule is CN(C)c1ccc(-c2nc3c(C(=O)O)cccc3[nH]2)cc1. The third-order valence-corrected chi connectivity index (χ3v) is 3.40. The van der Waals surface area contributed by atoms with E-state index in [0.717, 1.165) is 16.8 Å². The van der Waals surface area contributed by atoms with E-state index in [1.54, 1.807) is 12.1 Å². The topological polar surface area (TPSA) is 69.2 Å². The summed E-state index contributed by atoms with van der Waals surface area (Å²) in [5.74, 6) is -0.300. The average Bonchev–Trinajstić information content (AvgIpc) is 2.90. The molecule has 0 bridgehead atoms. The summed E-state index contributed by atoms with van der Waals surface area (Å²) < 4.78 is 0. The molecule has 3 rings (SSSR count). The van der Waals surface area contributed by atoms with Crippen LogP contribution in [0.3, 0.4) is 0 Å². The number of hydrogen-bond acceptors (Lipinski definition) is 3. The lowest BCUT2D eigenvalue weighted by molar-refractivity contribution is 0.0699. The van der Waals surface area contributed by atoms with Crippen molar-refractivity contribution in [2.45, 2.75) is 0 Å². The highest BCUT2D eigenvalue weighted by atomic mass is 16.4. The molecule has 1 aromatic heterocycles. The molecule has 2 N–H and O–H groups in total. The minimum atomic E-state index is -0.971. The van der Waals surface area contributed by atoms with Gasteiger partial charge < -0.3 is 15.0 Å². The Morgan fingerprint density at radius 1 is 1.14 bits per heavy atom. The summed E-state index contributed by atoms with van der Waals surface area (Å²) in [5, 5.41) is 9.20. The fourth-order valence-corrected chi connectivity index (χ4v) is 2.26. The molecule has 0 saturated carbocycles. The number of nitrogens with zero attached hydrogens (tertiary/aromatic N) is 2. The summed E-state index contributed by atoms with van der Waals surface area (Å²) in [7, 11) is 3.96. The molecule has 106 valence electrons. The van der Waals surface area contributed by atoms with Crippen molar-refractivity contribution < 1.29 is 9.90 Å². The Hall–Kier alpha value is -2.82. The van der Waals surface area contributed by atoms with Crippen LogP contribution in [-0.2, 0) is 0 Å². The van der Waals surface area contributed by atoms with Crippen LogP contribution in [0.2, 0.25) is 0 Å². The first kappa shape index (κ1) is 13.2. The number of anilines is 1. The summed E-state index contributed by atoms with van der Waals surface area (Å²) in [6.07, 6.45) is 0. The van der Waals surface area contributed by atoms with Crippen molar-refractivity contribution in [3.05, 3.63) is 48.0 Å². The molecule has 0 radical (unpaired) electrons. The highest BCUT2D eigenvalue weighted by molar-refractivity contribution is 6.01. The van der Waals surface area contributed by atoms with Gasteiger partial charge in [-0.2, -0.15) is 0 Å². The predicted octanol–water partition coefficient (Wildman–Crippen LogP) is 2.99. The fraction of sp³-hybridized carbons (Fsp3) is 0.125. The van der Waals surface area contributed by atoms with Gasteiger partial charge in [0.25, 0.3) is 0 Å². The van der Waals surface area contributed by atoms with Crippen molar-refractivity contribution in [1.29, 1.82) is 0 Å². The van der Waals surface area contributed by atoms with Crippen LogP contribution in [0, 0.1) is 0 Å². The Morgan fingerprint density at radius 2 is 1.86 bits per heavy atom. The monoisotopic (exact) mass is 281 g/mol. The molecular formula is C16H15N3O2. The Morgan fingerprint density at radius 3 is 2.48 bits per heavy atom. The van der Waals surface area contributed by atoms with E-state index in [9.17, 15) is 9.90 Å². The van der Waals surface area contributed by atoms with E-state index in [-0.39, 0.29) is 5.56 Å². The Kier molecular flexibility index (Phi) is 3.10. The Labute approximate surface area is 121 Å². The van der Waals surface area contributed by atoms with Crippen molar-refractivity contribution in [3.8, 4) is 11.4 Å². The highest BCUT2D eigenvalue weighted by Crippen LogP contribution is 2.24. The van der Waals surface area contributed by atoms with E-state index in [2.05, 4.69) is 9.97 Å². The van der Waals surface area contributed by atoms with E-state index in [0.29, 0.717) is 11.3 Å². The van der Waals surface area contributed by atoms with Crippen molar-refractivity contribution in [3.63, 3.8) is 0 Å². The van der Waals surface area contributed by atoms with Gasteiger partial charge in [-0.3, -0.25) is 0 Å². The molecule has 0 amide bonds. The number of benzene rings is 2. The lowest BCUT2D eigenvalue weighted by atomic mass is 10.2. The van der Waals surface area contributed by atoms with Crippen LogP contribution in [-0.4, -0.2) is 35.1 Å². The first-order chi connectivity index (χ1) is 10.1. The van der Waals surface area contributed by atoms with E-state index in [1.807, 2.05) is 49.3 Å². The molecule has 2 aromatic carbocycles. The molecule has 5 heteroatoms. The van der Waals surface area contributed by atoms with Gasteiger partial charge in [0.2, 0.25) is 0 Å². The summed E-state index contributed by atoms with van der Waals surface area (Å²) in [4.78, 5) is 20.8. The van der Waals surface area contributed by atoms with Gasteiger partial charge in [0, 0.05) is 25.3 Å². The fourth-order valence-electron chi connectivity index (χ4n) is 2.26. The number of nitrogens with one attached hydrogen (secondary N) is 1. The van der Waals surface area contributed by atoms with Crippen LogP contribution in [0.1, 0.15) is 10.4 Å². The molecule has 0 fully saturated rings. The van der Waals surface area contributed by atoms with E-state index in [1.165, 1.54) is 0 Å². The van der Waals surface area contributed by atoms with Gasteiger partial charge in [-0.25, -0.2) is 9.78 Å². The predicted molar refractivity (Wildman–Crippen MR) is 82.8 cm³/mol. The minimum absolute atomic E-state index is 0.208. The molecular weight excluding hydrogens is 266 g/mol. The number of aromatic carboxylic acids is 1. The van der Waals surface area contributed by atoms with Crippen molar-refractivity contribution in [2.75, 3.05) is 19.0 Å². The van der Waals surface area contributed by atoms with Gasteiger partial charge in [-0.1, -0.05) is 6.07 Å². The van der Waals surface area contributed by atoms with Crippen LogP contribution in [0.15, 0.2) is 42.5 Å². The van der Waals surface area contributed by atoms with Crippen LogP contribution in [0.5, 0.6) is 0 Å². The minimum Gasteiger partial charge on any atom is -0.478 e. The van der Waals surface area contributed by atoms with Gasteiger partial charge >= 0.3 is 5.97 Å². The number of carbonyl (C=O) groups is 1. The third-order valence-electron chi connectivity index (χ3n) is 3.40. The molecule has 5 nitrogen and oxygen atoms in total. The van der Waals surface area contributed by atoms with Crippen LogP contribution < -0.4 is 4.90 Å². The molecule has 0 spiro atoms. The van der Waals surface area contributed by atoms with Crippen LogP contribution in [0.25, 0.3) is 22.4 Å². The quantitative estimate of drug-likeness (QED) is 0.774. The largest absolute Gasteiger partial charge is 0.478 e. The van der Waals surface area contributed by atoms with Gasteiger partial charge in [0.05, 0.1) is 11.1 Å². The second-order valence-corrected chi connectivity index (χ2v) is 5.03. The summed E-state index contributed by atoms with van der Waals surface area (Å²) in [6, 6.07) is 13.0. The van der Waals surface area contributed by atoms with Gasteiger partial charge in [0.1, 0.15) is 11.3 Å². The number of aromatic nitrogens is 2. The van der Waals surface area contributed by atoms with Crippen molar-refractivity contribution in [1.82, 2.24) is 9.97 Å². The maximum atomic E-state index is 11.2. The number of fused-ring (bicyclic) bond motifs is 1. The van der Waals surface area contributed by atoms with Crippen molar-refractivity contribution >= 4 is 22.7 Å². The lowest BCUT2D eigenvalue weighted by Gasteiger charge is -2.11. The van der Waals surface area contributed by atoms with E-state index >= 15 is 0 Å². The summed E-state index contributed by atoms with van der Waals surface area (Å²) in [6.45, 7) is 0. The lowest BCUT2D eigenvalue weighted by Crippen LogP contribution is -2.07. The highest BCUT2D eigenvalue weighted by Gasteiger charge is 2.13. The number of carboxylic acids is 1. The number of rotatable bonds is 3. The Bertz CT molecular complexity index is 804. The Balaban J connectivity index is 2.09. The zero-order valence-electron chi connectivity index (χ0n) is 11.8. The average molecular weight is 281 g/mol. The second-order valence-electron chi connectivity index (χ2n) is 5.03. The molecule has 21 heavy (non-hydrogen) atoms. The van der Waals surface area contributed by atoms with E-state index < -0.39 is 5.97 Å². The van der Waals surface area contributed by atoms with Crippen LogP contribution in [0.4, 0.5) is 5.69 Å². The van der Waals surface area contributed by atoms with Gasteiger partial charge in [-0.05, 0) is 36.4 Å². The molecule has 1 heterocycles. The molecule has 0 aliphatic carbocycles. The first-order valence-corrected chi connectivity index (χ1v) is 6.56. The molecule has 3 aromatic rings. The van der Waals surface area contributed by atoms with Gasteiger partial charge in [-0.15, -0.1) is 0 Å². The molecule has 0 saturated heterocycles. The number of para-hydroxylation sites is 1. The number of aromatic amines is 1. The number of imidazole rings is 1. The van der Waals surface area contributed by atoms with Gasteiger partial charge in [0.15, 0.2) is 0 Å². The number of carboxylic acid groups (broad SMARTS) is 1. The number of H-pyrrole nitrogens is 1. The molecule has 0 aliphatic rings. The molecule has 0 aliphatic heterocycles. The summed E-state index contributed by atoms with van der Waals surface area (Å²) in [5.41, 5.74) is 3.44. The first-order valence-electron chi connectivity index (χ1n) is 6.56. The zero-order chi connectivity index (χ0) is 15.0. The standard InChI is InChI=1S/C16H15N3O2/c1-19(2)11-8-6-10(7-9-11)15-17-13-5-3-4-12(16(20)21)14(13)18-15/h3-9H,1-2H3,(H,17,18)(H,20,21). The molecule has 0 atom stereocenters. The van der Waals surface area contributed by atoms with Crippen molar-refractivity contribution in [2.24, 2.45) is 0 Å². The van der Waals surface area contributed by atoms with E-state index in [4.69, 9.17) is 0 Å².